The monoisotopic (exact) mass is 215 g/mol. The summed E-state index contributed by atoms with van der Waals surface area (Å²) in [4.78, 5) is 24.0. The predicted molar refractivity (Wildman–Crippen MR) is 53.2 cm³/mol. The summed E-state index contributed by atoms with van der Waals surface area (Å²) in [7, 11) is 0. The first-order valence-electron chi connectivity index (χ1n) is 4.97. The fourth-order valence-electron chi connectivity index (χ4n) is 1.73. The van der Waals surface area contributed by atoms with Crippen molar-refractivity contribution in [2.45, 2.75) is 39.3 Å². The zero-order valence-corrected chi connectivity index (χ0v) is 9.23. The lowest BCUT2D eigenvalue weighted by Gasteiger charge is -2.29. The van der Waals surface area contributed by atoms with Crippen LogP contribution in [0.4, 0.5) is 0 Å². The third-order valence-electron chi connectivity index (χ3n) is 2.52. The fourth-order valence-corrected chi connectivity index (χ4v) is 1.73. The molecule has 0 radical (unpaired) electrons. The van der Waals surface area contributed by atoms with Gasteiger partial charge >= 0.3 is 5.97 Å². The molecule has 1 amide bonds. The number of nitrogens with zero attached hydrogens (tertiary/aromatic N) is 1. The molecular weight excluding hydrogens is 198 g/mol. The van der Waals surface area contributed by atoms with Gasteiger partial charge in [0.2, 0.25) is 5.91 Å². The second-order valence-corrected chi connectivity index (χ2v) is 4.89. The zero-order valence-electron chi connectivity index (χ0n) is 9.23. The predicted octanol–water partition coefficient (Wildman–Crippen LogP) is 0.0789. The van der Waals surface area contributed by atoms with Crippen LogP contribution < -0.4 is 0 Å². The highest BCUT2D eigenvalue weighted by Crippen LogP contribution is 2.25. The molecule has 1 rings (SSSR count). The first-order valence-corrected chi connectivity index (χ1v) is 4.97. The topological polar surface area (TPSA) is 77.8 Å². The average molecular weight is 215 g/mol. The molecule has 0 saturated carbocycles. The maximum Gasteiger partial charge on any atom is 0.329 e. The van der Waals surface area contributed by atoms with E-state index in [4.69, 9.17) is 5.11 Å². The van der Waals surface area contributed by atoms with Gasteiger partial charge in [0.05, 0.1) is 6.10 Å². The number of carbonyl (C=O) groups excluding carboxylic acids is 1. The molecule has 5 heteroatoms. The van der Waals surface area contributed by atoms with Crippen LogP contribution in [0.2, 0.25) is 0 Å². The number of likely N-dealkylation sites (tertiary alicyclic amines) is 1. The molecule has 0 aliphatic carbocycles. The van der Waals surface area contributed by atoms with Crippen molar-refractivity contribution in [1.29, 1.82) is 0 Å². The summed E-state index contributed by atoms with van der Waals surface area (Å²) in [6, 6.07) is -1.09. The Kier molecular flexibility index (Phi) is 3.04. The molecule has 86 valence electrons. The number of amides is 1. The Morgan fingerprint density at radius 1 is 1.33 bits per heavy atom. The summed E-state index contributed by atoms with van der Waals surface area (Å²) in [5.74, 6) is -1.37. The van der Waals surface area contributed by atoms with Crippen molar-refractivity contribution in [3.8, 4) is 0 Å². The lowest BCUT2D eigenvalue weighted by atomic mass is 9.94. The van der Waals surface area contributed by atoms with E-state index < -0.39 is 23.5 Å². The number of hydrogen-bond acceptors (Lipinski definition) is 3. The second kappa shape index (κ2) is 3.81. The van der Waals surface area contributed by atoms with Crippen molar-refractivity contribution >= 4 is 11.9 Å². The van der Waals surface area contributed by atoms with Crippen LogP contribution in [-0.4, -0.2) is 45.7 Å². The molecule has 1 heterocycles. The Balaban J connectivity index is 2.87. The summed E-state index contributed by atoms with van der Waals surface area (Å²) in [5, 5.41) is 18.4. The molecular formula is C10H17NO4. The Labute approximate surface area is 88.7 Å². The first-order chi connectivity index (χ1) is 6.75. The summed E-state index contributed by atoms with van der Waals surface area (Å²) in [6.07, 6.45) is -0.618. The minimum Gasteiger partial charge on any atom is -0.480 e. The third-order valence-corrected chi connectivity index (χ3v) is 2.52. The van der Waals surface area contributed by atoms with Crippen molar-refractivity contribution in [2.75, 3.05) is 6.54 Å². The van der Waals surface area contributed by atoms with E-state index in [2.05, 4.69) is 0 Å². The van der Waals surface area contributed by atoms with E-state index in [9.17, 15) is 14.7 Å². The van der Waals surface area contributed by atoms with Gasteiger partial charge in [-0.25, -0.2) is 4.79 Å². The van der Waals surface area contributed by atoms with Crippen molar-refractivity contribution in [2.24, 2.45) is 5.41 Å². The van der Waals surface area contributed by atoms with E-state index in [1.165, 1.54) is 4.90 Å². The lowest BCUT2D eigenvalue weighted by Crippen LogP contribution is -2.48. The SMILES string of the molecule is CC(C)(C)C(=O)N1CC[C@H](O)C1C(=O)O. The van der Waals surface area contributed by atoms with E-state index >= 15 is 0 Å². The largest absolute Gasteiger partial charge is 0.480 e. The number of aliphatic hydroxyl groups excluding tert-OH is 1. The number of carbonyl (C=O) groups is 2. The van der Waals surface area contributed by atoms with E-state index in [-0.39, 0.29) is 5.91 Å². The highest BCUT2D eigenvalue weighted by Gasteiger charge is 2.43. The van der Waals surface area contributed by atoms with E-state index in [0.29, 0.717) is 13.0 Å². The molecule has 0 bridgehead atoms. The van der Waals surface area contributed by atoms with Gasteiger partial charge in [-0.15, -0.1) is 0 Å². The molecule has 5 nitrogen and oxygen atoms in total. The lowest BCUT2D eigenvalue weighted by molar-refractivity contribution is -0.154. The quantitative estimate of drug-likeness (QED) is 0.649. The summed E-state index contributed by atoms with van der Waals surface area (Å²) < 4.78 is 0. The Bertz CT molecular complexity index is 282. The van der Waals surface area contributed by atoms with Gasteiger partial charge in [-0.2, -0.15) is 0 Å². The van der Waals surface area contributed by atoms with Gasteiger partial charge < -0.3 is 15.1 Å². The number of carboxylic acids is 1. The third kappa shape index (κ3) is 2.28. The number of aliphatic hydroxyl groups is 1. The van der Waals surface area contributed by atoms with Crippen LogP contribution in [0.3, 0.4) is 0 Å². The minimum absolute atomic E-state index is 0.230. The highest BCUT2D eigenvalue weighted by atomic mass is 16.4. The van der Waals surface area contributed by atoms with Gasteiger partial charge in [0, 0.05) is 12.0 Å². The Morgan fingerprint density at radius 3 is 2.27 bits per heavy atom. The van der Waals surface area contributed by atoms with Crippen LogP contribution in [0.25, 0.3) is 0 Å². The van der Waals surface area contributed by atoms with Gasteiger partial charge in [-0.05, 0) is 6.42 Å². The van der Waals surface area contributed by atoms with E-state index in [0.717, 1.165) is 0 Å². The number of carboxylic acid groups (broad SMARTS) is 1. The summed E-state index contributed by atoms with van der Waals surface area (Å²) >= 11 is 0. The molecule has 1 aliphatic rings. The maximum absolute atomic E-state index is 11.9. The zero-order chi connectivity index (χ0) is 11.8. The highest BCUT2D eigenvalue weighted by molar-refractivity contribution is 5.87. The molecule has 1 fully saturated rings. The average Bonchev–Trinajstić information content (AvgIpc) is 2.43. The molecule has 1 saturated heterocycles. The molecule has 0 aromatic heterocycles. The van der Waals surface area contributed by atoms with Crippen LogP contribution in [0, 0.1) is 5.41 Å². The van der Waals surface area contributed by atoms with Gasteiger partial charge in [-0.3, -0.25) is 4.79 Å². The molecule has 1 aliphatic heterocycles. The van der Waals surface area contributed by atoms with E-state index in [1.54, 1.807) is 20.8 Å². The van der Waals surface area contributed by atoms with E-state index in [1.807, 2.05) is 0 Å². The van der Waals surface area contributed by atoms with Crippen molar-refractivity contribution < 1.29 is 19.8 Å². The van der Waals surface area contributed by atoms with Gasteiger partial charge in [0.25, 0.3) is 0 Å². The molecule has 2 atom stereocenters. The molecule has 0 spiro atoms. The van der Waals surface area contributed by atoms with Crippen LogP contribution >= 0.6 is 0 Å². The maximum atomic E-state index is 11.9. The smallest absolute Gasteiger partial charge is 0.329 e. The standard InChI is InChI=1S/C10H17NO4/c1-10(2,3)9(15)11-5-4-6(12)7(11)8(13)14/h6-7,12H,4-5H2,1-3H3,(H,13,14)/t6-,7?/m0/s1. The number of aliphatic carboxylic acids is 1. The van der Waals surface area contributed by atoms with Crippen LogP contribution in [0.5, 0.6) is 0 Å². The first kappa shape index (κ1) is 12.0. The Hall–Kier alpha value is -1.10. The summed E-state index contributed by atoms with van der Waals surface area (Å²) in [5.41, 5.74) is -0.613. The molecule has 0 aromatic rings. The van der Waals surface area contributed by atoms with Crippen molar-refractivity contribution in [3.05, 3.63) is 0 Å². The van der Waals surface area contributed by atoms with Crippen LogP contribution in [0.15, 0.2) is 0 Å². The van der Waals surface area contributed by atoms with Crippen LogP contribution in [0.1, 0.15) is 27.2 Å². The van der Waals surface area contributed by atoms with Crippen LogP contribution in [-0.2, 0) is 9.59 Å². The molecule has 15 heavy (non-hydrogen) atoms. The molecule has 1 unspecified atom stereocenters. The second-order valence-electron chi connectivity index (χ2n) is 4.89. The minimum atomic E-state index is -1.14. The normalized spacial score (nSPS) is 26.8. The van der Waals surface area contributed by atoms with Crippen molar-refractivity contribution in [1.82, 2.24) is 4.90 Å². The summed E-state index contributed by atoms with van der Waals surface area (Å²) in [6.45, 7) is 5.52. The van der Waals surface area contributed by atoms with Crippen molar-refractivity contribution in [3.63, 3.8) is 0 Å². The van der Waals surface area contributed by atoms with Gasteiger partial charge in [0.1, 0.15) is 0 Å². The fraction of sp³-hybridized carbons (Fsp3) is 0.800. The molecule has 0 aromatic carbocycles. The molecule has 2 N–H and O–H groups in total. The number of hydrogen-bond donors (Lipinski definition) is 2. The number of rotatable bonds is 1. The van der Waals surface area contributed by atoms with Gasteiger partial charge in [-0.1, -0.05) is 20.8 Å². The Morgan fingerprint density at radius 2 is 1.87 bits per heavy atom. The van der Waals surface area contributed by atoms with Gasteiger partial charge in [0.15, 0.2) is 6.04 Å².